The number of aryl methyl sites for hydroxylation is 1. The molecule has 0 radical (unpaired) electrons. The summed E-state index contributed by atoms with van der Waals surface area (Å²) in [5.41, 5.74) is 1.77. The molecule has 0 atom stereocenters. The Morgan fingerprint density at radius 3 is 2.88 bits per heavy atom. The third kappa shape index (κ3) is 2.39. The van der Waals surface area contributed by atoms with Crippen molar-refractivity contribution in [1.82, 2.24) is 9.78 Å². The van der Waals surface area contributed by atoms with Gasteiger partial charge in [-0.15, -0.1) is 0 Å². The molecule has 2 aromatic rings. The van der Waals surface area contributed by atoms with Gasteiger partial charge in [-0.1, -0.05) is 22.0 Å². The maximum atomic E-state index is 11.2. The van der Waals surface area contributed by atoms with Gasteiger partial charge in [0, 0.05) is 22.8 Å². The molecule has 0 aliphatic rings. The monoisotopic (exact) mass is 294 g/mol. The maximum absolute atomic E-state index is 11.2. The zero-order chi connectivity index (χ0) is 12.4. The Morgan fingerprint density at radius 1 is 1.53 bits per heavy atom. The summed E-state index contributed by atoms with van der Waals surface area (Å²) in [6, 6.07) is 5.20. The number of carboxylic acid groups (broad SMARTS) is 1. The molecule has 0 spiro atoms. The second-order valence-electron chi connectivity index (χ2n) is 3.58. The van der Waals surface area contributed by atoms with Gasteiger partial charge < -0.3 is 5.11 Å². The van der Waals surface area contributed by atoms with Crippen molar-refractivity contribution >= 4 is 21.9 Å². The van der Waals surface area contributed by atoms with E-state index in [9.17, 15) is 4.79 Å². The molecule has 0 aliphatic heterocycles. The van der Waals surface area contributed by atoms with E-state index in [1.807, 2.05) is 19.2 Å². The van der Waals surface area contributed by atoms with Gasteiger partial charge in [-0.05, 0) is 24.6 Å². The highest BCUT2D eigenvalue weighted by molar-refractivity contribution is 9.10. The average Bonchev–Trinajstić information content (AvgIpc) is 2.77. The molecule has 1 heterocycles. The van der Waals surface area contributed by atoms with Crippen molar-refractivity contribution in [1.29, 1.82) is 0 Å². The quantitative estimate of drug-likeness (QED) is 0.947. The van der Waals surface area contributed by atoms with Crippen molar-refractivity contribution in [2.45, 2.75) is 13.5 Å². The van der Waals surface area contributed by atoms with Gasteiger partial charge >= 0.3 is 5.97 Å². The van der Waals surface area contributed by atoms with Gasteiger partial charge in [-0.25, -0.2) is 4.79 Å². The van der Waals surface area contributed by atoms with Crippen LogP contribution in [-0.4, -0.2) is 20.9 Å². The number of carboxylic acids is 1. The maximum Gasteiger partial charge on any atom is 0.336 e. The lowest BCUT2D eigenvalue weighted by molar-refractivity contribution is 0.0697. The van der Waals surface area contributed by atoms with Crippen molar-refractivity contribution < 1.29 is 9.90 Å². The Morgan fingerprint density at radius 2 is 2.29 bits per heavy atom. The number of aromatic carboxylic acids is 1. The highest BCUT2D eigenvalue weighted by Crippen LogP contribution is 2.26. The van der Waals surface area contributed by atoms with Crippen LogP contribution in [0, 0.1) is 0 Å². The Labute approximate surface area is 107 Å². The van der Waals surface area contributed by atoms with Crippen molar-refractivity contribution in [2.75, 3.05) is 0 Å². The molecule has 0 amide bonds. The van der Waals surface area contributed by atoms with Gasteiger partial charge in [-0.2, -0.15) is 5.10 Å². The van der Waals surface area contributed by atoms with Crippen LogP contribution >= 0.6 is 15.9 Å². The van der Waals surface area contributed by atoms with Crippen LogP contribution < -0.4 is 0 Å². The molecule has 1 aromatic heterocycles. The lowest BCUT2D eigenvalue weighted by Gasteiger charge is -2.04. The largest absolute Gasteiger partial charge is 0.478 e. The minimum Gasteiger partial charge on any atom is -0.478 e. The highest BCUT2D eigenvalue weighted by Gasteiger charge is 2.13. The topological polar surface area (TPSA) is 55.1 Å². The summed E-state index contributed by atoms with van der Waals surface area (Å²) in [6.45, 7) is 2.75. The number of benzene rings is 1. The number of nitrogens with zero attached hydrogens (tertiary/aromatic N) is 2. The minimum atomic E-state index is -0.939. The number of aromatic nitrogens is 2. The zero-order valence-corrected chi connectivity index (χ0v) is 10.8. The molecule has 17 heavy (non-hydrogen) atoms. The van der Waals surface area contributed by atoms with Crippen molar-refractivity contribution in [3.63, 3.8) is 0 Å². The lowest BCUT2D eigenvalue weighted by Crippen LogP contribution is -1.99. The molecule has 0 unspecified atom stereocenters. The van der Waals surface area contributed by atoms with Crippen molar-refractivity contribution in [3.05, 3.63) is 40.6 Å². The summed E-state index contributed by atoms with van der Waals surface area (Å²) in [7, 11) is 0. The summed E-state index contributed by atoms with van der Waals surface area (Å²) in [6.07, 6.45) is 3.52. The van der Waals surface area contributed by atoms with E-state index in [1.165, 1.54) is 0 Å². The summed E-state index contributed by atoms with van der Waals surface area (Å²) < 4.78 is 2.52. The number of carbonyl (C=O) groups is 1. The average molecular weight is 295 g/mol. The molecule has 0 fully saturated rings. The third-order valence-electron chi connectivity index (χ3n) is 2.48. The Balaban J connectivity index is 2.54. The second-order valence-corrected chi connectivity index (χ2v) is 4.50. The number of halogens is 1. The summed E-state index contributed by atoms with van der Waals surface area (Å²) in [5.74, 6) is -0.939. The first kappa shape index (κ1) is 11.9. The second kappa shape index (κ2) is 4.71. The number of rotatable bonds is 3. The van der Waals surface area contributed by atoms with Crippen LogP contribution in [0.25, 0.3) is 11.1 Å². The Bertz CT molecular complexity index is 563. The van der Waals surface area contributed by atoms with E-state index in [4.69, 9.17) is 5.11 Å². The minimum absolute atomic E-state index is 0.273. The first-order valence-corrected chi connectivity index (χ1v) is 5.96. The molecule has 4 nitrogen and oxygen atoms in total. The van der Waals surface area contributed by atoms with E-state index in [-0.39, 0.29) is 5.56 Å². The normalized spacial score (nSPS) is 10.5. The Hall–Kier alpha value is -1.62. The standard InChI is InChI=1S/C12H11BrN2O2/c1-2-15-7-8(6-14-15)10-4-3-9(13)5-11(10)12(16)17/h3-7H,2H2,1H3,(H,16,17). The molecule has 0 aliphatic carbocycles. The molecule has 2 rings (SSSR count). The third-order valence-corrected chi connectivity index (χ3v) is 2.97. The van der Waals surface area contributed by atoms with Gasteiger partial charge in [0.1, 0.15) is 0 Å². The molecular weight excluding hydrogens is 284 g/mol. The smallest absolute Gasteiger partial charge is 0.336 e. The number of hydrogen-bond donors (Lipinski definition) is 1. The first-order chi connectivity index (χ1) is 8.11. The first-order valence-electron chi connectivity index (χ1n) is 5.17. The van der Waals surface area contributed by atoms with Gasteiger partial charge in [0.15, 0.2) is 0 Å². The van der Waals surface area contributed by atoms with E-state index < -0.39 is 5.97 Å². The van der Waals surface area contributed by atoms with Gasteiger partial charge in [0.25, 0.3) is 0 Å². The van der Waals surface area contributed by atoms with E-state index in [1.54, 1.807) is 23.0 Å². The molecule has 1 N–H and O–H groups in total. The fourth-order valence-corrected chi connectivity index (χ4v) is 1.98. The van der Waals surface area contributed by atoms with Crippen LogP contribution in [-0.2, 0) is 6.54 Å². The SMILES string of the molecule is CCn1cc(-c2ccc(Br)cc2C(=O)O)cn1. The fraction of sp³-hybridized carbons (Fsp3) is 0.167. The molecule has 1 aromatic carbocycles. The van der Waals surface area contributed by atoms with Crippen LogP contribution in [0.3, 0.4) is 0 Å². The predicted octanol–water partition coefficient (Wildman–Crippen LogP) is 3.03. The van der Waals surface area contributed by atoms with Gasteiger partial charge in [-0.3, -0.25) is 4.68 Å². The molecular formula is C12H11BrN2O2. The van der Waals surface area contributed by atoms with Crippen LogP contribution in [0.1, 0.15) is 17.3 Å². The molecule has 0 saturated carbocycles. The highest BCUT2D eigenvalue weighted by atomic mass is 79.9. The van der Waals surface area contributed by atoms with Crippen LogP contribution in [0.15, 0.2) is 35.1 Å². The zero-order valence-electron chi connectivity index (χ0n) is 9.22. The number of hydrogen-bond acceptors (Lipinski definition) is 2. The molecule has 0 bridgehead atoms. The fourth-order valence-electron chi connectivity index (χ4n) is 1.62. The Kier molecular flexibility index (Phi) is 3.28. The van der Waals surface area contributed by atoms with Crippen LogP contribution in [0.5, 0.6) is 0 Å². The molecule has 5 heteroatoms. The summed E-state index contributed by atoms with van der Waals surface area (Å²) in [4.78, 5) is 11.2. The van der Waals surface area contributed by atoms with Crippen molar-refractivity contribution in [3.8, 4) is 11.1 Å². The summed E-state index contributed by atoms with van der Waals surface area (Å²) in [5, 5.41) is 13.3. The lowest BCUT2D eigenvalue weighted by atomic mass is 10.0. The van der Waals surface area contributed by atoms with Gasteiger partial charge in [0.2, 0.25) is 0 Å². The molecule has 0 saturated heterocycles. The van der Waals surface area contributed by atoms with Crippen molar-refractivity contribution in [2.24, 2.45) is 0 Å². The van der Waals surface area contributed by atoms with Gasteiger partial charge in [0.05, 0.1) is 11.8 Å². The van der Waals surface area contributed by atoms with E-state index >= 15 is 0 Å². The van der Waals surface area contributed by atoms with E-state index in [2.05, 4.69) is 21.0 Å². The summed E-state index contributed by atoms with van der Waals surface area (Å²) >= 11 is 3.27. The predicted molar refractivity (Wildman–Crippen MR) is 68.0 cm³/mol. The molecule has 88 valence electrons. The van der Waals surface area contributed by atoms with Crippen LogP contribution in [0.4, 0.5) is 0 Å². The van der Waals surface area contributed by atoms with E-state index in [0.717, 1.165) is 16.6 Å². The van der Waals surface area contributed by atoms with E-state index in [0.29, 0.717) is 5.56 Å². The van der Waals surface area contributed by atoms with Crippen LogP contribution in [0.2, 0.25) is 0 Å².